The first-order valence-corrected chi connectivity index (χ1v) is 29.0. The standard InChI is InChI=1S/C82H48O2/c1-3-19-57-49(16-1)18-15-29-58(57)50-32-34-51(35-33-50)79-64-25-7-8-26-65(64)80(55-38-42-77-70(47-55)62-23-11-13-30-75(62)83-77)68-40-36-52(44-73(68)79)53-37-41-69-74(45-53)81(56-39-43-78-71(48-56)63-24-12-14-31-76(63)84-78)66-27-9-10-28-67(66)82(69)72-46-54-17-2-4-20-59(54)60-21-5-6-22-61(60)72/h1-48H. The smallest absolute Gasteiger partial charge is 0.135 e. The van der Waals surface area contributed by atoms with Gasteiger partial charge in [0.1, 0.15) is 22.3 Å². The van der Waals surface area contributed by atoms with Crippen molar-refractivity contribution in [1.29, 1.82) is 0 Å². The van der Waals surface area contributed by atoms with Crippen LogP contribution in [0.3, 0.4) is 0 Å². The summed E-state index contributed by atoms with van der Waals surface area (Å²) in [7, 11) is 0. The van der Waals surface area contributed by atoms with Gasteiger partial charge in [-0.05, 0) is 197 Å². The molecule has 2 nitrogen and oxygen atoms in total. The maximum absolute atomic E-state index is 6.46. The number of benzene rings is 16. The van der Waals surface area contributed by atoms with E-state index in [1.807, 2.05) is 12.1 Å². The second-order valence-electron chi connectivity index (χ2n) is 22.5. The highest BCUT2D eigenvalue weighted by Gasteiger charge is 2.23. The fourth-order valence-corrected chi connectivity index (χ4v) is 14.3. The molecule has 0 atom stereocenters. The van der Waals surface area contributed by atoms with Crippen molar-refractivity contribution >= 4 is 119 Å². The second kappa shape index (κ2) is 18.2. The van der Waals surface area contributed by atoms with Crippen LogP contribution in [0.5, 0.6) is 0 Å². The van der Waals surface area contributed by atoms with E-state index >= 15 is 0 Å². The first-order valence-electron chi connectivity index (χ1n) is 29.0. The average Bonchev–Trinajstić information content (AvgIpc) is 1.76. The molecule has 0 saturated carbocycles. The van der Waals surface area contributed by atoms with E-state index in [2.05, 4.69) is 279 Å². The molecule has 16 aromatic carbocycles. The lowest BCUT2D eigenvalue weighted by molar-refractivity contribution is 0.668. The van der Waals surface area contributed by atoms with Crippen molar-refractivity contribution in [3.63, 3.8) is 0 Å². The molecule has 0 saturated heterocycles. The van der Waals surface area contributed by atoms with Crippen molar-refractivity contribution in [2.45, 2.75) is 0 Å². The largest absolute Gasteiger partial charge is 0.456 e. The van der Waals surface area contributed by atoms with Gasteiger partial charge in [-0.2, -0.15) is 0 Å². The van der Waals surface area contributed by atoms with Crippen LogP contribution in [0.1, 0.15) is 0 Å². The summed E-state index contributed by atoms with van der Waals surface area (Å²) in [5.41, 5.74) is 17.8. The van der Waals surface area contributed by atoms with E-state index in [4.69, 9.17) is 8.83 Å². The van der Waals surface area contributed by atoms with Gasteiger partial charge in [-0.15, -0.1) is 0 Å². The van der Waals surface area contributed by atoms with E-state index in [9.17, 15) is 0 Å². The fraction of sp³-hybridized carbons (Fsp3) is 0. The first-order chi connectivity index (χ1) is 41.6. The average molecular weight is 1070 g/mol. The fourth-order valence-electron chi connectivity index (χ4n) is 14.3. The molecule has 0 bridgehead atoms. The van der Waals surface area contributed by atoms with Crippen molar-refractivity contribution in [2.75, 3.05) is 0 Å². The molecule has 0 amide bonds. The molecule has 0 aliphatic carbocycles. The molecule has 0 aliphatic heterocycles. The van der Waals surface area contributed by atoms with E-state index in [0.717, 1.165) is 66.1 Å². The Hall–Kier alpha value is -11.1. The molecule has 0 aliphatic rings. The van der Waals surface area contributed by atoms with Crippen LogP contribution in [0.15, 0.2) is 300 Å². The molecule has 2 aromatic heterocycles. The van der Waals surface area contributed by atoms with Gasteiger partial charge in [-0.3, -0.25) is 0 Å². The van der Waals surface area contributed by atoms with E-state index < -0.39 is 0 Å². The van der Waals surface area contributed by atoms with Crippen LogP contribution in [0.25, 0.3) is 186 Å². The van der Waals surface area contributed by atoms with Gasteiger partial charge in [0, 0.05) is 21.5 Å². The summed E-state index contributed by atoms with van der Waals surface area (Å²) in [5.74, 6) is 0. The lowest BCUT2D eigenvalue weighted by Gasteiger charge is -2.21. The monoisotopic (exact) mass is 1060 g/mol. The number of hydrogen-bond acceptors (Lipinski definition) is 2. The minimum Gasteiger partial charge on any atom is -0.456 e. The van der Waals surface area contributed by atoms with Crippen molar-refractivity contribution in [3.05, 3.63) is 291 Å². The Kier molecular flexibility index (Phi) is 10.1. The number of fused-ring (bicyclic) bond motifs is 14. The Balaban J connectivity index is 0.917. The normalized spacial score (nSPS) is 12.0. The first kappa shape index (κ1) is 46.7. The molecular formula is C82H48O2. The van der Waals surface area contributed by atoms with Gasteiger partial charge >= 0.3 is 0 Å². The number of hydrogen-bond donors (Lipinski definition) is 0. The van der Waals surface area contributed by atoms with Gasteiger partial charge in [0.15, 0.2) is 0 Å². The molecule has 18 rings (SSSR count). The zero-order chi connectivity index (χ0) is 55.0. The predicted octanol–water partition coefficient (Wildman–Crippen LogP) is 23.6. The van der Waals surface area contributed by atoms with Crippen molar-refractivity contribution in [2.24, 2.45) is 0 Å². The summed E-state index contributed by atoms with van der Waals surface area (Å²) in [5, 5.41) is 21.5. The van der Waals surface area contributed by atoms with Crippen molar-refractivity contribution in [1.82, 2.24) is 0 Å². The number of rotatable bonds is 6. The third-order valence-electron chi connectivity index (χ3n) is 18.0. The van der Waals surface area contributed by atoms with Crippen LogP contribution in [-0.2, 0) is 0 Å². The second-order valence-corrected chi connectivity index (χ2v) is 22.5. The highest BCUT2D eigenvalue weighted by molar-refractivity contribution is 6.28. The highest BCUT2D eigenvalue weighted by Crippen LogP contribution is 2.51. The van der Waals surface area contributed by atoms with Crippen LogP contribution >= 0.6 is 0 Å². The maximum Gasteiger partial charge on any atom is 0.135 e. The van der Waals surface area contributed by atoms with Crippen molar-refractivity contribution in [3.8, 4) is 66.8 Å². The zero-order valence-corrected chi connectivity index (χ0v) is 45.5. The molecule has 0 radical (unpaired) electrons. The molecule has 2 heterocycles. The van der Waals surface area contributed by atoms with E-state index in [1.165, 1.54) is 120 Å². The Bertz CT molecular complexity index is 5790. The molecule has 0 N–H and O–H groups in total. The molecule has 84 heavy (non-hydrogen) atoms. The Labute approximate surface area is 483 Å². The van der Waals surface area contributed by atoms with Gasteiger partial charge in [0.2, 0.25) is 0 Å². The highest BCUT2D eigenvalue weighted by atomic mass is 16.3. The zero-order valence-electron chi connectivity index (χ0n) is 45.5. The summed E-state index contributed by atoms with van der Waals surface area (Å²) in [4.78, 5) is 0. The molecule has 0 unspecified atom stereocenters. The molecular weight excluding hydrogens is 1020 g/mol. The summed E-state index contributed by atoms with van der Waals surface area (Å²) in [6, 6.07) is 107. The maximum atomic E-state index is 6.46. The quantitative estimate of drug-likeness (QED) is 0.123. The summed E-state index contributed by atoms with van der Waals surface area (Å²) in [6.45, 7) is 0. The summed E-state index contributed by atoms with van der Waals surface area (Å²) < 4.78 is 12.9. The van der Waals surface area contributed by atoms with Crippen molar-refractivity contribution < 1.29 is 8.83 Å². The Morgan fingerprint density at radius 1 is 0.155 bits per heavy atom. The Morgan fingerprint density at radius 2 is 0.524 bits per heavy atom. The molecule has 0 fully saturated rings. The third-order valence-corrected chi connectivity index (χ3v) is 18.0. The van der Waals surface area contributed by atoms with Gasteiger partial charge in [-0.25, -0.2) is 0 Å². The van der Waals surface area contributed by atoms with Crippen LogP contribution in [0.2, 0.25) is 0 Å². The minimum atomic E-state index is 0.883. The van der Waals surface area contributed by atoms with Gasteiger partial charge in [-0.1, -0.05) is 237 Å². The number of para-hydroxylation sites is 2. The lowest BCUT2D eigenvalue weighted by Crippen LogP contribution is -1.94. The third kappa shape index (κ3) is 7.04. The van der Waals surface area contributed by atoms with Crippen LogP contribution < -0.4 is 0 Å². The summed E-state index contributed by atoms with van der Waals surface area (Å²) >= 11 is 0. The molecule has 0 spiro atoms. The van der Waals surface area contributed by atoms with Gasteiger partial charge in [0.25, 0.3) is 0 Å². The van der Waals surface area contributed by atoms with E-state index in [0.29, 0.717) is 0 Å². The van der Waals surface area contributed by atoms with Crippen LogP contribution in [-0.4, -0.2) is 0 Å². The van der Waals surface area contributed by atoms with Crippen LogP contribution in [0, 0.1) is 0 Å². The van der Waals surface area contributed by atoms with E-state index in [-0.39, 0.29) is 0 Å². The lowest BCUT2D eigenvalue weighted by atomic mass is 9.82. The topological polar surface area (TPSA) is 26.3 Å². The van der Waals surface area contributed by atoms with E-state index in [1.54, 1.807) is 0 Å². The van der Waals surface area contributed by atoms with Gasteiger partial charge < -0.3 is 8.83 Å². The number of furan rings is 2. The van der Waals surface area contributed by atoms with Crippen LogP contribution in [0.4, 0.5) is 0 Å². The molecule has 18 aromatic rings. The predicted molar refractivity (Wildman–Crippen MR) is 356 cm³/mol. The molecule has 388 valence electrons. The van der Waals surface area contributed by atoms with Gasteiger partial charge in [0.05, 0.1) is 0 Å². The SMILES string of the molecule is c1ccc2c(-c3ccc(-c4c5ccccc5c(-c5ccc6oc7ccccc7c6c5)c5ccc(-c6ccc7c(-c8cc9ccccc9c9ccccc89)c8ccccc8c(-c8ccc9oc%10ccccc%10c9c8)c7c6)cc45)cc3)cccc2c1. The molecule has 2 heteroatoms. The Morgan fingerprint density at radius 3 is 1.12 bits per heavy atom. The summed E-state index contributed by atoms with van der Waals surface area (Å²) in [6.07, 6.45) is 0. The minimum absolute atomic E-state index is 0.883.